The van der Waals surface area contributed by atoms with E-state index in [1.807, 2.05) is 0 Å². The topological polar surface area (TPSA) is 33.2 Å². The average molecular weight is 277 g/mol. The van der Waals surface area contributed by atoms with Crippen LogP contribution in [-0.2, 0) is 0 Å². The van der Waals surface area contributed by atoms with E-state index in [0.717, 1.165) is 25.7 Å². The highest BCUT2D eigenvalue weighted by Gasteiger charge is 2.25. The molecule has 0 radical (unpaired) electrons. The molecule has 0 atom stereocenters. The third-order valence-electron chi connectivity index (χ3n) is 3.51. The fourth-order valence-electron chi connectivity index (χ4n) is 2.56. The van der Waals surface area contributed by atoms with E-state index in [9.17, 15) is 4.79 Å². The van der Waals surface area contributed by atoms with Gasteiger partial charge in [0.05, 0.1) is 6.54 Å². The number of carbonyl (C=O) groups excluding carboxylic acids is 1. The normalized spacial score (nSPS) is 15.8. The van der Waals surface area contributed by atoms with Gasteiger partial charge in [0.2, 0.25) is 0 Å². The Bertz CT molecular complexity index is 489. The molecule has 1 saturated carbocycles. The van der Waals surface area contributed by atoms with E-state index in [1.54, 1.807) is 23.2 Å². The molecule has 0 aromatic carbocycles. The van der Waals surface area contributed by atoms with E-state index in [0.29, 0.717) is 17.3 Å². The summed E-state index contributed by atoms with van der Waals surface area (Å²) < 4.78 is 0. The molecule has 0 saturated heterocycles. The first kappa shape index (κ1) is 13.9. The van der Waals surface area contributed by atoms with Gasteiger partial charge in [-0.15, -0.1) is 6.42 Å². The number of carbonyl (C=O) groups is 1. The number of aromatic nitrogens is 1. The summed E-state index contributed by atoms with van der Waals surface area (Å²) in [6.07, 6.45) is 12.6. The molecule has 3 nitrogen and oxygen atoms in total. The van der Waals surface area contributed by atoms with Crippen molar-refractivity contribution in [3.8, 4) is 12.3 Å². The molecule has 1 amide bonds. The lowest BCUT2D eigenvalue weighted by Crippen LogP contribution is -2.41. The minimum atomic E-state index is -0.0471. The Kier molecular flexibility index (Phi) is 4.81. The summed E-state index contributed by atoms with van der Waals surface area (Å²) in [6.45, 7) is 0.351. The van der Waals surface area contributed by atoms with Gasteiger partial charge in [-0.25, -0.2) is 4.98 Å². The predicted molar refractivity (Wildman–Crippen MR) is 76.0 cm³/mol. The maximum absolute atomic E-state index is 12.5. The third kappa shape index (κ3) is 3.48. The lowest BCUT2D eigenvalue weighted by atomic mass is 9.93. The molecule has 0 unspecified atom stereocenters. The number of nitrogens with zero attached hydrogens (tertiary/aromatic N) is 2. The van der Waals surface area contributed by atoms with Crippen molar-refractivity contribution in [2.45, 2.75) is 38.1 Å². The van der Waals surface area contributed by atoms with Gasteiger partial charge >= 0.3 is 0 Å². The van der Waals surface area contributed by atoms with Crippen LogP contribution >= 0.6 is 11.6 Å². The number of rotatable bonds is 3. The number of terminal acetylenes is 1. The molecular formula is C15H17ClN2O. The van der Waals surface area contributed by atoms with E-state index in [2.05, 4.69) is 10.9 Å². The van der Waals surface area contributed by atoms with Crippen LogP contribution in [0.15, 0.2) is 18.3 Å². The summed E-state index contributed by atoms with van der Waals surface area (Å²) in [5, 5.41) is 0.329. The highest BCUT2D eigenvalue weighted by atomic mass is 35.5. The summed E-state index contributed by atoms with van der Waals surface area (Å²) in [5.74, 6) is 2.54. The first-order valence-electron chi connectivity index (χ1n) is 6.58. The summed E-state index contributed by atoms with van der Waals surface area (Å²) >= 11 is 5.83. The second-order valence-corrected chi connectivity index (χ2v) is 5.18. The number of pyridine rings is 1. The molecule has 1 aliphatic carbocycles. The molecule has 0 N–H and O–H groups in total. The number of hydrogen-bond acceptors (Lipinski definition) is 2. The molecule has 1 aromatic heterocycles. The monoisotopic (exact) mass is 276 g/mol. The van der Waals surface area contributed by atoms with Gasteiger partial charge in [0, 0.05) is 17.8 Å². The number of amides is 1. The van der Waals surface area contributed by atoms with E-state index in [1.165, 1.54) is 6.42 Å². The summed E-state index contributed by atoms with van der Waals surface area (Å²) in [5.41, 5.74) is 0.556. The SMILES string of the molecule is C#CCN(C(=O)c1ccnc(Cl)c1)C1CCCCC1. The molecule has 100 valence electrons. The smallest absolute Gasteiger partial charge is 0.255 e. The van der Waals surface area contributed by atoms with E-state index < -0.39 is 0 Å². The van der Waals surface area contributed by atoms with Crippen molar-refractivity contribution in [3.63, 3.8) is 0 Å². The predicted octanol–water partition coefficient (Wildman–Crippen LogP) is 3.14. The zero-order chi connectivity index (χ0) is 13.7. The Labute approximate surface area is 119 Å². The van der Waals surface area contributed by atoms with E-state index >= 15 is 0 Å². The summed E-state index contributed by atoms with van der Waals surface area (Å²) in [6, 6.07) is 3.53. The second kappa shape index (κ2) is 6.58. The molecule has 1 aliphatic rings. The first-order valence-corrected chi connectivity index (χ1v) is 6.96. The van der Waals surface area contributed by atoms with Gasteiger partial charge in [-0.2, -0.15) is 0 Å². The molecule has 19 heavy (non-hydrogen) atoms. The third-order valence-corrected chi connectivity index (χ3v) is 3.72. The number of halogens is 1. The molecule has 2 rings (SSSR count). The Morgan fingerprint density at radius 1 is 1.47 bits per heavy atom. The van der Waals surface area contributed by atoms with Crippen LogP contribution in [0.2, 0.25) is 5.15 Å². The quantitative estimate of drug-likeness (QED) is 0.628. The van der Waals surface area contributed by atoms with Crippen molar-refractivity contribution >= 4 is 17.5 Å². The van der Waals surface area contributed by atoms with Crippen LogP contribution in [-0.4, -0.2) is 28.4 Å². The Morgan fingerprint density at radius 3 is 2.84 bits per heavy atom. The highest BCUT2D eigenvalue weighted by molar-refractivity contribution is 6.29. The summed E-state index contributed by atoms with van der Waals surface area (Å²) in [4.78, 5) is 18.2. The fraction of sp³-hybridized carbons (Fsp3) is 0.467. The van der Waals surface area contributed by atoms with Gasteiger partial charge in [-0.1, -0.05) is 36.8 Å². The van der Waals surface area contributed by atoms with Crippen molar-refractivity contribution in [1.29, 1.82) is 0 Å². The zero-order valence-corrected chi connectivity index (χ0v) is 11.6. The lowest BCUT2D eigenvalue weighted by Gasteiger charge is -2.33. The zero-order valence-electron chi connectivity index (χ0n) is 10.8. The van der Waals surface area contributed by atoms with Gasteiger partial charge in [0.15, 0.2) is 0 Å². The van der Waals surface area contributed by atoms with Gasteiger partial charge < -0.3 is 4.90 Å². The van der Waals surface area contributed by atoms with Crippen molar-refractivity contribution in [2.24, 2.45) is 0 Å². The molecule has 1 heterocycles. The van der Waals surface area contributed by atoms with Crippen molar-refractivity contribution in [2.75, 3.05) is 6.54 Å². The minimum Gasteiger partial charge on any atom is -0.325 e. The molecule has 0 bridgehead atoms. The molecule has 0 spiro atoms. The highest BCUT2D eigenvalue weighted by Crippen LogP contribution is 2.24. The maximum Gasteiger partial charge on any atom is 0.255 e. The first-order chi connectivity index (χ1) is 9.22. The minimum absolute atomic E-state index is 0.0471. The van der Waals surface area contributed by atoms with Crippen LogP contribution in [0.4, 0.5) is 0 Å². The van der Waals surface area contributed by atoms with Crippen molar-refractivity contribution in [1.82, 2.24) is 9.88 Å². The fourth-order valence-corrected chi connectivity index (χ4v) is 2.73. The van der Waals surface area contributed by atoms with E-state index in [-0.39, 0.29) is 11.9 Å². The lowest BCUT2D eigenvalue weighted by molar-refractivity contribution is 0.0667. The van der Waals surface area contributed by atoms with Crippen LogP contribution in [0.25, 0.3) is 0 Å². The van der Waals surface area contributed by atoms with Crippen molar-refractivity contribution in [3.05, 3.63) is 29.0 Å². The van der Waals surface area contributed by atoms with Crippen LogP contribution in [0.1, 0.15) is 42.5 Å². The Hall–Kier alpha value is -1.53. The van der Waals surface area contributed by atoms with Gasteiger partial charge in [0.1, 0.15) is 5.15 Å². The number of hydrogen-bond donors (Lipinski definition) is 0. The van der Waals surface area contributed by atoms with Crippen LogP contribution in [0.3, 0.4) is 0 Å². The molecular weight excluding hydrogens is 260 g/mol. The average Bonchev–Trinajstić information content (AvgIpc) is 2.45. The summed E-state index contributed by atoms with van der Waals surface area (Å²) in [7, 11) is 0. The maximum atomic E-state index is 12.5. The van der Waals surface area contributed by atoms with Crippen LogP contribution in [0, 0.1) is 12.3 Å². The van der Waals surface area contributed by atoms with Crippen molar-refractivity contribution < 1.29 is 4.79 Å². The second-order valence-electron chi connectivity index (χ2n) is 4.80. The van der Waals surface area contributed by atoms with Crippen LogP contribution < -0.4 is 0 Å². The molecule has 4 heteroatoms. The van der Waals surface area contributed by atoms with Gasteiger partial charge in [-0.05, 0) is 25.0 Å². The van der Waals surface area contributed by atoms with Crippen LogP contribution in [0.5, 0.6) is 0 Å². The molecule has 0 aliphatic heterocycles. The van der Waals surface area contributed by atoms with Gasteiger partial charge in [-0.3, -0.25) is 4.79 Å². The molecule has 1 aromatic rings. The standard InChI is InChI=1S/C15H17ClN2O/c1-2-10-18(13-6-4-3-5-7-13)15(19)12-8-9-17-14(16)11-12/h1,8-9,11,13H,3-7,10H2. The van der Waals surface area contributed by atoms with Gasteiger partial charge in [0.25, 0.3) is 5.91 Å². The van der Waals surface area contributed by atoms with E-state index in [4.69, 9.17) is 18.0 Å². The Balaban J connectivity index is 2.18. The Morgan fingerprint density at radius 2 is 2.21 bits per heavy atom. The largest absolute Gasteiger partial charge is 0.325 e. The molecule has 1 fully saturated rings.